The molecule has 1 aliphatic carbocycles. The Bertz CT molecular complexity index is 183. The average molecular weight is 182 g/mol. The summed E-state index contributed by atoms with van der Waals surface area (Å²) in [6.45, 7) is 7.17. The molecule has 1 saturated heterocycles. The molecule has 1 saturated carbocycles. The van der Waals surface area contributed by atoms with E-state index in [9.17, 15) is 0 Å². The van der Waals surface area contributed by atoms with Crippen LogP contribution in [0.15, 0.2) is 0 Å². The second-order valence-corrected chi connectivity index (χ2v) is 4.97. The molecule has 0 aromatic carbocycles. The number of piperidine rings is 1. The third kappa shape index (κ3) is 1.62. The highest BCUT2D eigenvalue weighted by Crippen LogP contribution is 2.52. The first kappa shape index (κ1) is 9.47. The van der Waals surface area contributed by atoms with Crippen molar-refractivity contribution >= 4 is 0 Å². The molecule has 13 heavy (non-hydrogen) atoms. The van der Waals surface area contributed by atoms with E-state index in [1.807, 2.05) is 0 Å². The summed E-state index contributed by atoms with van der Waals surface area (Å²) in [5.41, 5.74) is 6.55. The molecular weight excluding hydrogens is 160 g/mol. The zero-order valence-corrected chi connectivity index (χ0v) is 8.92. The standard InChI is InChI=1S/C11H22N2/c1-3-9(2)13-6-4-11(5-7-13)8-10(11)12/h9-10H,3-8,12H2,1-2H3. The van der Waals surface area contributed by atoms with Crippen molar-refractivity contribution in [1.29, 1.82) is 0 Å². The van der Waals surface area contributed by atoms with Crippen LogP contribution in [0.5, 0.6) is 0 Å². The van der Waals surface area contributed by atoms with Gasteiger partial charge in [-0.1, -0.05) is 6.92 Å². The molecule has 0 bridgehead atoms. The van der Waals surface area contributed by atoms with Gasteiger partial charge in [0, 0.05) is 12.1 Å². The van der Waals surface area contributed by atoms with Crippen molar-refractivity contribution in [1.82, 2.24) is 4.90 Å². The van der Waals surface area contributed by atoms with Crippen LogP contribution in [0.25, 0.3) is 0 Å². The average Bonchev–Trinajstić information content (AvgIpc) is 2.76. The highest BCUT2D eigenvalue weighted by Gasteiger charge is 2.52. The molecule has 0 amide bonds. The van der Waals surface area contributed by atoms with E-state index in [1.54, 1.807) is 0 Å². The maximum atomic E-state index is 5.97. The Hall–Kier alpha value is -0.0800. The van der Waals surface area contributed by atoms with Gasteiger partial charge in [0.15, 0.2) is 0 Å². The monoisotopic (exact) mass is 182 g/mol. The molecule has 2 fully saturated rings. The van der Waals surface area contributed by atoms with Gasteiger partial charge in [-0.3, -0.25) is 0 Å². The maximum absolute atomic E-state index is 5.97. The lowest BCUT2D eigenvalue weighted by molar-refractivity contribution is 0.126. The van der Waals surface area contributed by atoms with Crippen LogP contribution in [0.4, 0.5) is 0 Å². The molecule has 1 spiro atoms. The predicted octanol–water partition coefficient (Wildman–Crippen LogP) is 1.60. The minimum Gasteiger partial charge on any atom is -0.327 e. The second kappa shape index (κ2) is 3.25. The quantitative estimate of drug-likeness (QED) is 0.703. The molecule has 2 aliphatic rings. The molecule has 2 heteroatoms. The fourth-order valence-corrected chi connectivity index (χ4v) is 2.62. The van der Waals surface area contributed by atoms with E-state index < -0.39 is 0 Å². The highest BCUT2D eigenvalue weighted by molar-refractivity contribution is 5.08. The fourth-order valence-electron chi connectivity index (χ4n) is 2.62. The number of hydrogen-bond acceptors (Lipinski definition) is 2. The Balaban J connectivity index is 1.83. The molecule has 2 atom stereocenters. The summed E-state index contributed by atoms with van der Waals surface area (Å²) in [5, 5.41) is 0. The Labute approximate surface area is 81.5 Å². The van der Waals surface area contributed by atoms with Gasteiger partial charge in [-0.05, 0) is 51.1 Å². The van der Waals surface area contributed by atoms with Crippen LogP contribution in [0.3, 0.4) is 0 Å². The summed E-state index contributed by atoms with van der Waals surface area (Å²) in [4.78, 5) is 2.62. The minimum atomic E-state index is 0.534. The van der Waals surface area contributed by atoms with Crippen LogP contribution in [0.2, 0.25) is 0 Å². The molecule has 0 aromatic heterocycles. The Morgan fingerprint density at radius 1 is 1.46 bits per heavy atom. The van der Waals surface area contributed by atoms with Gasteiger partial charge in [0.2, 0.25) is 0 Å². The van der Waals surface area contributed by atoms with Crippen LogP contribution >= 0.6 is 0 Å². The van der Waals surface area contributed by atoms with E-state index in [2.05, 4.69) is 18.7 Å². The fraction of sp³-hybridized carbons (Fsp3) is 1.00. The first-order valence-corrected chi connectivity index (χ1v) is 5.67. The molecule has 2 unspecified atom stereocenters. The zero-order valence-electron chi connectivity index (χ0n) is 8.92. The van der Waals surface area contributed by atoms with Crippen LogP contribution < -0.4 is 5.73 Å². The van der Waals surface area contributed by atoms with E-state index in [0.717, 1.165) is 6.04 Å². The van der Waals surface area contributed by atoms with Gasteiger partial charge in [0.1, 0.15) is 0 Å². The summed E-state index contributed by atoms with van der Waals surface area (Å²) >= 11 is 0. The number of nitrogens with zero attached hydrogens (tertiary/aromatic N) is 1. The van der Waals surface area contributed by atoms with Crippen molar-refractivity contribution in [3.05, 3.63) is 0 Å². The normalized spacial score (nSPS) is 34.8. The lowest BCUT2D eigenvalue weighted by Crippen LogP contribution is -2.41. The van der Waals surface area contributed by atoms with Crippen molar-refractivity contribution < 1.29 is 0 Å². The summed E-state index contributed by atoms with van der Waals surface area (Å²) < 4.78 is 0. The van der Waals surface area contributed by atoms with E-state index >= 15 is 0 Å². The summed E-state index contributed by atoms with van der Waals surface area (Å²) in [6, 6.07) is 1.30. The van der Waals surface area contributed by atoms with Gasteiger partial charge >= 0.3 is 0 Å². The zero-order chi connectivity index (χ0) is 9.47. The Morgan fingerprint density at radius 2 is 2.00 bits per heavy atom. The summed E-state index contributed by atoms with van der Waals surface area (Å²) in [6.07, 6.45) is 5.26. The van der Waals surface area contributed by atoms with Gasteiger partial charge < -0.3 is 10.6 Å². The molecule has 2 nitrogen and oxygen atoms in total. The summed E-state index contributed by atoms with van der Waals surface area (Å²) in [7, 11) is 0. The van der Waals surface area contributed by atoms with Crippen molar-refractivity contribution in [2.75, 3.05) is 13.1 Å². The lowest BCUT2D eigenvalue weighted by atomic mass is 9.92. The summed E-state index contributed by atoms with van der Waals surface area (Å²) in [5.74, 6) is 0. The van der Waals surface area contributed by atoms with Gasteiger partial charge in [-0.25, -0.2) is 0 Å². The van der Waals surface area contributed by atoms with Gasteiger partial charge in [0.25, 0.3) is 0 Å². The maximum Gasteiger partial charge on any atom is 0.0103 e. The second-order valence-electron chi connectivity index (χ2n) is 4.97. The number of hydrogen-bond donors (Lipinski definition) is 1. The van der Waals surface area contributed by atoms with Crippen molar-refractivity contribution in [3.63, 3.8) is 0 Å². The minimum absolute atomic E-state index is 0.534. The number of likely N-dealkylation sites (tertiary alicyclic amines) is 1. The van der Waals surface area contributed by atoms with E-state index in [-0.39, 0.29) is 0 Å². The molecule has 2 N–H and O–H groups in total. The number of nitrogens with two attached hydrogens (primary N) is 1. The third-order valence-electron chi connectivity index (χ3n) is 4.26. The SMILES string of the molecule is CCC(C)N1CCC2(CC1)CC2N. The first-order valence-electron chi connectivity index (χ1n) is 5.67. The van der Waals surface area contributed by atoms with Crippen LogP contribution in [0.1, 0.15) is 39.5 Å². The van der Waals surface area contributed by atoms with Gasteiger partial charge in [-0.2, -0.15) is 0 Å². The van der Waals surface area contributed by atoms with E-state index in [1.165, 1.54) is 38.8 Å². The topological polar surface area (TPSA) is 29.3 Å². The Kier molecular flexibility index (Phi) is 2.37. The molecule has 1 heterocycles. The largest absolute Gasteiger partial charge is 0.327 e. The van der Waals surface area contributed by atoms with Crippen LogP contribution in [0, 0.1) is 5.41 Å². The predicted molar refractivity (Wildman–Crippen MR) is 55.6 cm³/mol. The van der Waals surface area contributed by atoms with Crippen molar-refractivity contribution in [2.45, 2.75) is 51.6 Å². The smallest absolute Gasteiger partial charge is 0.0103 e. The molecule has 0 aromatic rings. The van der Waals surface area contributed by atoms with Gasteiger partial charge in [-0.15, -0.1) is 0 Å². The van der Waals surface area contributed by atoms with Crippen molar-refractivity contribution in [3.8, 4) is 0 Å². The molecular formula is C11H22N2. The molecule has 76 valence electrons. The third-order valence-corrected chi connectivity index (χ3v) is 4.26. The van der Waals surface area contributed by atoms with Crippen LogP contribution in [-0.2, 0) is 0 Å². The van der Waals surface area contributed by atoms with E-state index in [4.69, 9.17) is 5.73 Å². The van der Waals surface area contributed by atoms with Crippen LogP contribution in [-0.4, -0.2) is 30.1 Å². The molecule has 2 rings (SSSR count). The van der Waals surface area contributed by atoms with Crippen molar-refractivity contribution in [2.24, 2.45) is 11.1 Å². The number of rotatable bonds is 2. The van der Waals surface area contributed by atoms with E-state index in [0.29, 0.717) is 11.5 Å². The Morgan fingerprint density at radius 3 is 2.38 bits per heavy atom. The lowest BCUT2D eigenvalue weighted by Gasteiger charge is -2.36. The molecule has 0 radical (unpaired) electrons. The molecule has 1 aliphatic heterocycles. The first-order chi connectivity index (χ1) is 6.18. The highest BCUT2D eigenvalue weighted by atomic mass is 15.2. The van der Waals surface area contributed by atoms with Gasteiger partial charge in [0.05, 0.1) is 0 Å².